The van der Waals surface area contributed by atoms with Crippen molar-refractivity contribution >= 4 is 11.9 Å². The van der Waals surface area contributed by atoms with Gasteiger partial charge in [0.25, 0.3) is 5.91 Å². The first kappa shape index (κ1) is 15.3. The Bertz CT molecular complexity index is 371. The number of carboxylic acids is 1. The van der Waals surface area contributed by atoms with Crippen molar-refractivity contribution < 1.29 is 24.2 Å². The molecule has 3 atom stereocenters. The van der Waals surface area contributed by atoms with Gasteiger partial charge in [0.15, 0.2) is 6.10 Å². The fourth-order valence-corrected chi connectivity index (χ4v) is 2.60. The first-order valence-electron chi connectivity index (χ1n) is 7.26. The van der Waals surface area contributed by atoms with E-state index >= 15 is 0 Å². The van der Waals surface area contributed by atoms with Gasteiger partial charge in [-0.15, -0.1) is 0 Å². The number of ether oxygens (including phenoxy) is 2. The average molecular weight is 285 g/mol. The van der Waals surface area contributed by atoms with Gasteiger partial charge in [0, 0.05) is 19.7 Å². The standard InChI is InChI=1S/C14H23NO5/c1-9(2)8-19-10-5-6-15(7-10)13(16)11-3-4-12(20-11)14(17)18/h9-12H,3-8H2,1-2H3,(H,17,18)/t10?,11-,12+/m0/s1. The normalized spacial score (nSPS) is 30.1. The molecule has 0 aromatic carbocycles. The Morgan fingerprint density at radius 1 is 1.30 bits per heavy atom. The summed E-state index contributed by atoms with van der Waals surface area (Å²) in [5.41, 5.74) is 0. The van der Waals surface area contributed by atoms with Gasteiger partial charge in [0.2, 0.25) is 0 Å². The lowest BCUT2D eigenvalue weighted by Crippen LogP contribution is -2.39. The second kappa shape index (κ2) is 6.54. The summed E-state index contributed by atoms with van der Waals surface area (Å²) in [7, 11) is 0. The van der Waals surface area contributed by atoms with E-state index in [2.05, 4.69) is 13.8 Å². The third-order valence-electron chi connectivity index (χ3n) is 3.69. The third kappa shape index (κ3) is 3.70. The van der Waals surface area contributed by atoms with Gasteiger partial charge in [-0.2, -0.15) is 0 Å². The summed E-state index contributed by atoms with van der Waals surface area (Å²) in [5, 5.41) is 8.87. The molecule has 2 aliphatic heterocycles. The molecular weight excluding hydrogens is 262 g/mol. The molecule has 2 aliphatic rings. The van der Waals surface area contributed by atoms with Crippen LogP contribution in [0.15, 0.2) is 0 Å². The number of likely N-dealkylation sites (tertiary alicyclic amines) is 1. The molecule has 2 saturated heterocycles. The Hall–Kier alpha value is -1.14. The second-order valence-electron chi connectivity index (χ2n) is 5.95. The minimum Gasteiger partial charge on any atom is -0.479 e. The highest BCUT2D eigenvalue weighted by Crippen LogP contribution is 2.24. The van der Waals surface area contributed by atoms with Gasteiger partial charge in [-0.3, -0.25) is 4.79 Å². The van der Waals surface area contributed by atoms with Crippen LogP contribution >= 0.6 is 0 Å². The fraction of sp³-hybridized carbons (Fsp3) is 0.857. The van der Waals surface area contributed by atoms with Crippen LogP contribution in [-0.2, 0) is 19.1 Å². The molecule has 1 N–H and O–H groups in total. The van der Waals surface area contributed by atoms with Crippen LogP contribution in [0.4, 0.5) is 0 Å². The summed E-state index contributed by atoms with van der Waals surface area (Å²) in [5.74, 6) is -0.599. The van der Waals surface area contributed by atoms with Crippen molar-refractivity contribution in [2.45, 2.75) is 51.4 Å². The molecule has 1 amide bonds. The number of amides is 1. The van der Waals surface area contributed by atoms with E-state index in [-0.39, 0.29) is 12.0 Å². The highest BCUT2D eigenvalue weighted by molar-refractivity contribution is 5.83. The van der Waals surface area contributed by atoms with Gasteiger partial charge < -0.3 is 19.5 Å². The first-order chi connectivity index (χ1) is 9.47. The molecule has 6 nitrogen and oxygen atoms in total. The number of hydrogen-bond donors (Lipinski definition) is 1. The molecule has 2 rings (SSSR count). The lowest BCUT2D eigenvalue weighted by molar-refractivity contribution is -0.154. The molecule has 6 heteroatoms. The van der Waals surface area contributed by atoms with Crippen molar-refractivity contribution in [3.8, 4) is 0 Å². The largest absolute Gasteiger partial charge is 0.479 e. The van der Waals surface area contributed by atoms with Gasteiger partial charge in [0.05, 0.1) is 6.10 Å². The van der Waals surface area contributed by atoms with Crippen LogP contribution in [0.1, 0.15) is 33.1 Å². The SMILES string of the molecule is CC(C)COC1CCN(C(=O)[C@@H]2CC[C@H](C(=O)O)O2)C1. The number of carbonyl (C=O) groups excluding carboxylic acids is 1. The van der Waals surface area contributed by atoms with Crippen LogP contribution < -0.4 is 0 Å². The molecule has 0 aliphatic carbocycles. The van der Waals surface area contributed by atoms with E-state index in [1.54, 1.807) is 4.90 Å². The van der Waals surface area contributed by atoms with Crippen LogP contribution in [0.25, 0.3) is 0 Å². The van der Waals surface area contributed by atoms with Gasteiger partial charge in [-0.1, -0.05) is 13.8 Å². The Morgan fingerprint density at radius 3 is 2.60 bits per heavy atom. The van der Waals surface area contributed by atoms with Crippen LogP contribution in [-0.4, -0.2) is 59.9 Å². The number of aliphatic carboxylic acids is 1. The molecule has 114 valence electrons. The van der Waals surface area contributed by atoms with Crippen molar-refractivity contribution in [1.29, 1.82) is 0 Å². The quantitative estimate of drug-likeness (QED) is 0.812. The number of carbonyl (C=O) groups is 2. The Labute approximate surface area is 119 Å². The molecule has 0 radical (unpaired) electrons. The number of hydrogen-bond acceptors (Lipinski definition) is 4. The summed E-state index contributed by atoms with van der Waals surface area (Å²) in [4.78, 5) is 24.8. The third-order valence-corrected chi connectivity index (χ3v) is 3.69. The maximum Gasteiger partial charge on any atom is 0.332 e. The van der Waals surface area contributed by atoms with E-state index < -0.39 is 18.2 Å². The number of carboxylic acid groups (broad SMARTS) is 1. The maximum absolute atomic E-state index is 12.3. The second-order valence-corrected chi connectivity index (χ2v) is 5.95. The van der Waals surface area contributed by atoms with Crippen LogP contribution in [0.3, 0.4) is 0 Å². The Kier molecular flexibility index (Phi) is 4.99. The van der Waals surface area contributed by atoms with E-state index in [0.717, 1.165) is 6.42 Å². The topological polar surface area (TPSA) is 76.1 Å². The molecule has 0 spiro atoms. The molecular formula is C14H23NO5. The molecule has 0 bridgehead atoms. The highest BCUT2D eigenvalue weighted by atomic mass is 16.5. The lowest BCUT2D eigenvalue weighted by Gasteiger charge is -2.20. The fourth-order valence-electron chi connectivity index (χ4n) is 2.60. The van der Waals surface area contributed by atoms with Gasteiger partial charge in [-0.25, -0.2) is 4.79 Å². The predicted octanol–water partition coefficient (Wildman–Crippen LogP) is 0.892. The van der Waals surface area contributed by atoms with Gasteiger partial charge in [-0.05, 0) is 25.2 Å². The molecule has 0 aromatic rings. The van der Waals surface area contributed by atoms with E-state index in [1.165, 1.54) is 0 Å². The predicted molar refractivity (Wildman–Crippen MR) is 71.3 cm³/mol. The summed E-state index contributed by atoms with van der Waals surface area (Å²) < 4.78 is 11.0. The summed E-state index contributed by atoms with van der Waals surface area (Å²) in [6.07, 6.45) is 0.405. The number of rotatable bonds is 5. The van der Waals surface area contributed by atoms with Gasteiger partial charge in [0.1, 0.15) is 6.10 Å². The smallest absolute Gasteiger partial charge is 0.332 e. The van der Waals surface area contributed by atoms with Gasteiger partial charge >= 0.3 is 5.97 Å². The maximum atomic E-state index is 12.3. The number of nitrogens with zero attached hydrogens (tertiary/aromatic N) is 1. The zero-order valence-electron chi connectivity index (χ0n) is 12.1. The van der Waals surface area contributed by atoms with Crippen LogP contribution in [0.5, 0.6) is 0 Å². The lowest BCUT2D eigenvalue weighted by atomic mass is 10.2. The monoisotopic (exact) mass is 285 g/mol. The zero-order chi connectivity index (χ0) is 14.7. The van der Waals surface area contributed by atoms with Crippen molar-refractivity contribution in [3.63, 3.8) is 0 Å². The molecule has 1 unspecified atom stereocenters. The van der Waals surface area contributed by atoms with E-state index in [4.69, 9.17) is 14.6 Å². The minimum atomic E-state index is -0.986. The van der Waals surface area contributed by atoms with Crippen LogP contribution in [0, 0.1) is 5.92 Å². The molecule has 0 aromatic heterocycles. The average Bonchev–Trinajstić information content (AvgIpc) is 3.05. The van der Waals surface area contributed by atoms with Crippen LogP contribution in [0.2, 0.25) is 0 Å². The van der Waals surface area contributed by atoms with Crippen molar-refractivity contribution in [3.05, 3.63) is 0 Å². The Balaban J connectivity index is 1.78. The van der Waals surface area contributed by atoms with Crippen molar-refractivity contribution in [2.75, 3.05) is 19.7 Å². The molecule has 0 saturated carbocycles. The first-order valence-corrected chi connectivity index (χ1v) is 7.26. The van der Waals surface area contributed by atoms with E-state index in [9.17, 15) is 9.59 Å². The summed E-state index contributed by atoms with van der Waals surface area (Å²) in [6.45, 7) is 6.14. The van der Waals surface area contributed by atoms with Crippen molar-refractivity contribution in [1.82, 2.24) is 4.90 Å². The molecule has 2 fully saturated rings. The highest BCUT2D eigenvalue weighted by Gasteiger charge is 2.38. The van der Waals surface area contributed by atoms with E-state index in [0.29, 0.717) is 38.5 Å². The summed E-state index contributed by atoms with van der Waals surface area (Å²) in [6, 6.07) is 0. The summed E-state index contributed by atoms with van der Waals surface area (Å²) >= 11 is 0. The van der Waals surface area contributed by atoms with Crippen molar-refractivity contribution in [2.24, 2.45) is 5.92 Å². The molecule has 20 heavy (non-hydrogen) atoms. The van der Waals surface area contributed by atoms with E-state index in [1.807, 2.05) is 0 Å². The molecule has 2 heterocycles. The minimum absolute atomic E-state index is 0.0932. The Morgan fingerprint density at radius 2 is 2.00 bits per heavy atom. The zero-order valence-corrected chi connectivity index (χ0v) is 12.1.